The molecule has 0 saturated heterocycles. The van der Waals surface area contributed by atoms with Crippen molar-refractivity contribution in [1.29, 1.82) is 0 Å². The minimum atomic E-state index is 0.710. The molecule has 0 aliphatic heterocycles. The molecule has 0 fully saturated rings. The van der Waals surface area contributed by atoms with E-state index in [1.165, 1.54) is 0 Å². The van der Waals surface area contributed by atoms with E-state index in [1.807, 2.05) is 42.5 Å². The fourth-order valence-corrected chi connectivity index (χ4v) is 3.70. The lowest BCUT2D eigenvalue weighted by Crippen LogP contribution is -1.95. The van der Waals surface area contributed by atoms with Crippen molar-refractivity contribution in [3.63, 3.8) is 0 Å². The minimum Gasteiger partial charge on any atom is -0.497 e. The number of hydrogen-bond donors (Lipinski definition) is 0. The van der Waals surface area contributed by atoms with Crippen molar-refractivity contribution < 1.29 is 9.47 Å². The summed E-state index contributed by atoms with van der Waals surface area (Å²) in [6.07, 6.45) is 0. The third-order valence-corrected chi connectivity index (χ3v) is 5.06. The van der Waals surface area contributed by atoms with Crippen molar-refractivity contribution in [2.45, 2.75) is 0 Å². The molecule has 0 aliphatic carbocycles. The smallest absolute Gasteiger partial charge is 0.161 e. The number of rotatable bonds is 3. The second-order valence-electron chi connectivity index (χ2n) is 6.62. The first-order valence-corrected chi connectivity index (χ1v) is 9.09. The fourth-order valence-electron chi connectivity index (χ4n) is 3.70. The van der Waals surface area contributed by atoms with Crippen LogP contribution in [-0.2, 0) is 0 Å². The number of hydrogen-bond acceptors (Lipinski definition) is 4. The Morgan fingerprint density at radius 1 is 0.714 bits per heavy atom. The van der Waals surface area contributed by atoms with Gasteiger partial charge in [-0.25, -0.2) is 9.97 Å². The quantitative estimate of drug-likeness (QED) is 0.389. The van der Waals surface area contributed by atoms with E-state index in [-0.39, 0.29) is 0 Å². The molecule has 4 heteroatoms. The van der Waals surface area contributed by atoms with E-state index < -0.39 is 0 Å². The maximum absolute atomic E-state index is 5.58. The zero-order valence-electron chi connectivity index (χ0n) is 15.6. The van der Waals surface area contributed by atoms with Crippen LogP contribution >= 0.6 is 0 Å². The van der Waals surface area contributed by atoms with Gasteiger partial charge in [0.2, 0.25) is 0 Å². The summed E-state index contributed by atoms with van der Waals surface area (Å²) in [6, 6.07) is 24.4. The molecule has 28 heavy (non-hydrogen) atoms. The van der Waals surface area contributed by atoms with E-state index in [0.29, 0.717) is 5.65 Å². The SMILES string of the molecule is COc1ccc(-c2c3cc4ccccc4nc3nc3c(OC)cccc23)cc1. The summed E-state index contributed by atoms with van der Waals surface area (Å²) in [4.78, 5) is 9.69. The van der Waals surface area contributed by atoms with Crippen LogP contribution in [0.2, 0.25) is 0 Å². The molecule has 0 radical (unpaired) electrons. The molecular formula is C24H18N2O2. The Morgan fingerprint density at radius 3 is 2.32 bits per heavy atom. The molecule has 5 aromatic rings. The van der Waals surface area contributed by atoms with Gasteiger partial charge in [0.05, 0.1) is 19.7 Å². The van der Waals surface area contributed by atoms with E-state index in [1.54, 1.807) is 14.2 Å². The monoisotopic (exact) mass is 366 g/mol. The van der Waals surface area contributed by atoms with Crippen LogP contribution in [0.25, 0.3) is 44.0 Å². The summed E-state index contributed by atoms with van der Waals surface area (Å²) in [6.45, 7) is 0. The Bertz CT molecular complexity index is 1330. The van der Waals surface area contributed by atoms with Crippen LogP contribution in [0.15, 0.2) is 72.8 Å². The van der Waals surface area contributed by atoms with E-state index >= 15 is 0 Å². The van der Waals surface area contributed by atoms with E-state index in [9.17, 15) is 0 Å². The first-order valence-electron chi connectivity index (χ1n) is 9.09. The molecule has 0 aliphatic rings. The van der Waals surface area contributed by atoms with Gasteiger partial charge in [-0.2, -0.15) is 0 Å². The maximum atomic E-state index is 5.58. The van der Waals surface area contributed by atoms with E-state index in [0.717, 1.165) is 49.8 Å². The molecule has 0 amide bonds. The van der Waals surface area contributed by atoms with Gasteiger partial charge < -0.3 is 9.47 Å². The predicted molar refractivity (Wildman–Crippen MR) is 113 cm³/mol. The Hall–Kier alpha value is -3.66. The summed E-state index contributed by atoms with van der Waals surface area (Å²) in [5.74, 6) is 1.57. The lowest BCUT2D eigenvalue weighted by Gasteiger charge is -2.14. The molecule has 0 N–H and O–H groups in total. The van der Waals surface area contributed by atoms with Crippen molar-refractivity contribution in [3.8, 4) is 22.6 Å². The average Bonchev–Trinajstić information content (AvgIpc) is 2.76. The van der Waals surface area contributed by atoms with Gasteiger partial charge in [-0.1, -0.05) is 42.5 Å². The number of methoxy groups -OCH3 is 2. The van der Waals surface area contributed by atoms with Crippen LogP contribution in [-0.4, -0.2) is 24.2 Å². The predicted octanol–water partition coefficient (Wildman–Crippen LogP) is 5.62. The van der Waals surface area contributed by atoms with E-state index in [4.69, 9.17) is 19.4 Å². The van der Waals surface area contributed by atoms with Gasteiger partial charge in [-0.3, -0.25) is 0 Å². The molecule has 0 spiro atoms. The van der Waals surface area contributed by atoms with Crippen LogP contribution in [0.5, 0.6) is 11.5 Å². The summed E-state index contributed by atoms with van der Waals surface area (Å²) in [7, 11) is 3.34. The number of benzene rings is 3. The van der Waals surface area contributed by atoms with Gasteiger partial charge in [-0.05, 0) is 35.9 Å². The van der Waals surface area contributed by atoms with Gasteiger partial charge in [0, 0.05) is 21.7 Å². The summed E-state index contributed by atoms with van der Waals surface area (Å²) >= 11 is 0. The number of nitrogens with zero attached hydrogens (tertiary/aromatic N) is 2. The van der Waals surface area contributed by atoms with Crippen molar-refractivity contribution in [2.75, 3.05) is 14.2 Å². The molecule has 5 rings (SSSR count). The number of pyridine rings is 2. The van der Waals surface area contributed by atoms with Crippen LogP contribution in [0.1, 0.15) is 0 Å². The third kappa shape index (κ3) is 2.54. The average molecular weight is 366 g/mol. The van der Waals surface area contributed by atoms with Crippen molar-refractivity contribution in [1.82, 2.24) is 9.97 Å². The standard InChI is InChI=1S/C24H18N2O2/c1-27-17-12-10-15(11-13-17)22-18-7-5-9-21(28-2)23(18)26-24-19(22)14-16-6-3-4-8-20(16)25-24/h3-14H,1-2H3. The van der Waals surface area contributed by atoms with Crippen molar-refractivity contribution in [3.05, 3.63) is 72.8 Å². The van der Waals surface area contributed by atoms with Gasteiger partial charge in [0.15, 0.2) is 5.65 Å². The number of aromatic nitrogens is 2. The Kier molecular flexibility index (Phi) is 3.83. The first-order chi connectivity index (χ1) is 13.8. The highest BCUT2D eigenvalue weighted by Gasteiger charge is 2.15. The highest BCUT2D eigenvalue weighted by Crippen LogP contribution is 2.38. The second-order valence-corrected chi connectivity index (χ2v) is 6.62. The molecule has 0 atom stereocenters. The van der Waals surface area contributed by atoms with Gasteiger partial charge in [0.25, 0.3) is 0 Å². The molecular weight excluding hydrogens is 348 g/mol. The Labute approximate surface area is 162 Å². The molecule has 2 heterocycles. The zero-order valence-corrected chi connectivity index (χ0v) is 15.6. The number of para-hydroxylation sites is 2. The first kappa shape index (κ1) is 16.5. The lowest BCUT2D eigenvalue weighted by atomic mass is 9.96. The number of ether oxygens (including phenoxy) is 2. The largest absolute Gasteiger partial charge is 0.497 e. The molecule has 0 unspecified atom stereocenters. The van der Waals surface area contributed by atoms with Crippen LogP contribution < -0.4 is 9.47 Å². The maximum Gasteiger partial charge on any atom is 0.161 e. The van der Waals surface area contributed by atoms with Crippen molar-refractivity contribution >= 4 is 32.8 Å². The summed E-state index contributed by atoms with van der Waals surface area (Å²) in [5.41, 5.74) is 4.63. The molecule has 3 aromatic carbocycles. The van der Waals surface area contributed by atoms with Crippen LogP contribution in [0, 0.1) is 0 Å². The normalized spacial score (nSPS) is 11.2. The molecule has 136 valence electrons. The molecule has 0 bridgehead atoms. The molecule has 0 saturated carbocycles. The third-order valence-electron chi connectivity index (χ3n) is 5.06. The van der Waals surface area contributed by atoms with Crippen molar-refractivity contribution in [2.24, 2.45) is 0 Å². The van der Waals surface area contributed by atoms with Gasteiger partial charge in [0.1, 0.15) is 17.0 Å². The van der Waals surface area contributed by atoms with Crippen LogP contribution in [0.3, 0.4) is 0 Å². The number of fused-ring (bicyclic) bond motifs is 3. The minimum absolute atomic E-state index is 0.710. The summed E-state index contributed by atoms with van der Waals surface area (Å²) < 4.78 is 10.9. The van der Waals surface area contributed by atoms with E-state index in [2.05, 4.69) is 30.3 Å². The lowest BCUT2D eigenvalue weighted by molar-refractivity contribution is 0.415. The zero-order chi connectivity index (χ0) is 19.1. The summed E-state index contributed by atoms with van der Waals surface area (Å²) in [5, 5.41) is 3.15. The highest BCUT2D eigenvalue weighted by atomic mass is 16.5. The fraction of sp³-hybridized carbons (Fsp3) is 0.0833. The van der Waals surface area contributed by atoms with Gasteiger partial charge >= 0.3 is 0 Å². The van der Waals surface area contributed by atoms with Crippen LogP contribution in [0.4, 0.5) is 0 Å². The molecule has 4 nitrogen and oxygen atoms in total. The highest BCUT2D eigenvalue weighted by molar-refractivity contribution is 6.12. The Morgan fingerprint density at radius 2 is 1.54 bits per heavy atom. The van der Waals surface area contributed by atoms with Gasteiger partial charge in [-0.15, -0.1) is 0 Å². The molecule has 2 aromatic heterocycles. The topological polar surface area (TPSA) is 44.2 Å². The second kappa shape index (κ2) is 6.50. The Balaban J connectivity index is 1.95.